The van der Waals surface area contributed by atoms with Crippen molar-refractivity contribution in [1.82, 2.24) is 5.32 Å². The molecule has 90 valence electrons. The summed E-state index contributed by atoms with van der Waals surface area (Å²) in [5.74, 6) is 0.854. The maximum atomic E-state index is 13.2. The van der Waals surface area contributed by atoms with Crippen LogP contribution in [0.25, 0.3) is 0 Å². The summed E-state index contributed by atoms with van der Waals surface area (Å²) in [7, 11) is 1.91. The van der Waals surface area contributed by atoms with Gasteiger partial charge in [0.05, 0.1) is 0 Å². The summed E-state index contributed by atoms with van der Waals surface area (Å²) >= 11 is 0. The summed E-state index contributed by atoms with van der Waals surface area (Å²) in [5.41, 5.74) is 0.640. The maximum absolute atomic E-state index is 13.2. The second kappa shape index (κ2) is 5.85. The minimum atomic E-state index is -0.219. The molecule has 1 aromatic carbocycles. The third kappa shape index (κ3) is 3.49. The molecule has 0 amide bonds. The van der Waals surface area contributed by atoms with E-state index in [9.17, 15) is 4.39 Å². The minimum absolute atomic E-state index is 0.219. The van der Waals surface area contributed by atoms with Gasteiger partial charge in [0.15, 0.2) is 0 Å². The van der Waals surface area contributed by atoms with Crippen molar-refractivity contribution < 1.29 is 9.13 Å². The zero-order valence-electron chi connectivity index (χ0n) is 10.4. The molecule has 0 radical (unpaired) electrons. The molecule has 0 aliphatic heterocycles. The van der Waals surface area contributed by atoms with Crippen LogP contribution in [0.2, 0.25) is 0 Å². The Morgan fingerprint density at radius 1 is 1.38 bits per heavy atom. The quantitative estimate of drug-likeness (QED) is 0.832. The Morgan fingerprint density at radius 2 is 2.06 bits per heavy atom. The van der Waals surface area contributed by atoms with Crippen LogP contribution in [0.15, 0.2) is 18.2 Å². The number of likely N-dealkylation sites (N-methyl/N-ethyl adjacent to an activating group) is 1. The van der Waals surface area contributed by atoms with Crippen molar-refractivity contribution in [2.24, 2.45) is 5.92 Å². The first-order valence-electron chi connectivity index (χ1n) is 5.60. The first-order chi connectivity index (χ1) is 7.54. The van der Waals surface area contributed by atoms with Gasteiger partial charge in [0.25, 0.3) is 0 Å². The highest BCUT2D eigenvalue weighted by atomic mass is 19.1. The van der Waals surface area contributed by atoms with Gasteiger partial charge in [-0.15, -0.1) is 0 Å². The Hall–Kier alpha value is -1.09. The summed E-state index contributed by atoms with van der Waals surface area (Å²) in [4.78, 5) is 0. The molecule has 0 fully saturated rings. The zero-order chi connectivity index (χ0) is 12.1. The van der Waals surface area contributed by atoms with Crippen LogP contribution < -0.4 is 10.1 Å². The molecule has 0 heterocycles. The van der Waals surface area contributed by atoms with E-state index in [0.29, 0.717) is 23.8 Å². The van der Waals surface area contributed by atoms with Crippen LogP contribution >= 0.6 is 0 Å². The second-order valence-electron chi connectivity index (χ2n) is 4.36. The number of ether oxygens (including phenoxy) is 1. The van der Waals surface area contributed by atoms with Crippen molar-refractivity contribution in [1.29, 1.82) is 0 Å². The van der Waals surface area contributed by atoms with Gasteiger partial charge in [-0.2, -0.15) is 0 Å². The normalized spacial score (nSPS) is 12.9. The van der Waals surface area contributed by atoms with Gasteiger partial charge in [0, 0.05) is 12.1 Å². The van der Waals surface area contributed by atoms with E-state index in [0.717, 1.165) is 0 Å². The largest absolute Gasteiger partial charge is 0.492 e. The molecule has 16 heavy (non-hydrogen) atoms. The van der Waals surface area contributed by atoms with Crippen molar-refractivity contribution >= 4 is 0 Å². The number of nitrogens with one attached hydrogen (secondary N) is 1. The highest BCUT2D eigenvalue weighted by Gasteiger charge is 2.11. The fourth-order valence-corrected chi connectivity index (χ4v) is 1.46. The van der Waals surface area contributed by atoms with Crippen molar-refractivity contribution in [2.45, 2.75) is 26.8 Å². The average molecular weight is 225 g/mol. The molecule has 1 unspecified atom stereocenters. The van der Waals surface area contributed by atoms with E-state index in [-0.39, 0.29) is 11.9 Å². The molecule has 0 bridgehead atoms. The SMILES string of the molecule is CNC(COc1ccc(C)c(F)c1)C(C)C. The molecular formula is C13H20FNO. The Kier molecular flexibility index (Phi) is 4.74. The van der Waals surface area contributed by atoms with Crippen molar-refractivity contribution in [2.75, 3.05) is 13.7 Å². The lowest BCUT2D eigenvalue weighted by Gasteiger charge is -2.20. The molecule has 3 heteroatoms. The lowest BCUT2D eigenvalue weighted by Crippen LogP contribution is -2.36. The van der Waals surface area contributed by atoms with Crippen LogP contribution in [-0.2, 0) is 0 Å². The van der Waals surface area contributed by atoms with Crippen LogP contribution in [0.1, 0.15) is 19.4 Å². The molecule has 1 atom stereocenters. The van der Waals surface area contributed by atoms with Crippen LogP contribution in [0.5, 0.6) is 5.75 Å². The number of halogens is 1. The number of benzene rings is 1. The van der Waals surface area contributed by atoms with Crippen molar-refractivity contribution in [3.8, 4) is 5.75 Å². The van der Waals surface area contributed by atoms with Gasteiger partial charge in [0.2, 0.25) is 0 Å². The highest BCUT2D eigenvalue weighted by molar-refractivity contribution is 5.28. The summed E-state index contributed by atoms with van der Waals surface area (Å²) in [5, 5.41) is 3.18. The van der Waals surface area contributed by atoms with Gasteiger partial charge in [-0.05, 0) is 31.5 Å². The minimum Gasteiger partial charge on any atom is -0.492 e. The fourth-order valence-electron chi connectivity index (χ4n) is 1.46. The molecule has 1 N–H and O–H groups in total. The molecule has 0 saturated carbocycles. The molecule has 2 nitrogen and oxygen atoms in total. The number of rotatable bonds is 5. The second-order valence-corrected chi connectivity index (χ2v) is 4.36. The molecule has 1 rings (SSSR count). The molecule has 0 aromatic heterocycles. The molecule has 0 aliphatic carbocycles. The van der Waals surface area contributed by atoms with Gasteiger partial charge >= 0.3 is 0 Å². The maximum Gasteiger partial charge on any atom is 0.129 e. The van der Waals surface area contributed by atoms with E-state index >= 15 is 0 Å². The topological polar surface area (TPSA) is 21.3 Å². The van der Waals surface area contributed by atoms with E-state index in [1.807, 2.05) is 7.05 Å². The summed E-state index contributed by atoms with van der Waals surface area (Å²) < 4.78 is 18.8. The van der Waals surface area contributed by atoms with Crippen LogP contribution in [0.3, 0.4) is 0 Å². The number of hydrogen-bond acceptors (Lipinski definition) is 2. The van der Waals surface area contributed by atoms with E-state index < -0.39 is 0 Å². The number of hydrogen-bond donors (Lipinski definition) is 1. The Morgan fingerprint density at radius 3 is 2.56 bits per heavy atom. The van der Waals surface area contributed by atoms with Crippen LogP contribution in [0, 0.1) is 18.7 Å². The molecule has 1 aromatic rings. The molecule has 0 aliphatic rings. The molecule has 0 spiro atoms. The first-order valence-corrected chi connectivity index (χ1v) is 5.60. The van der Waals surface area contributed by atoms with Gasteiger partial charge in [-0.1, -0.05) is 19.9 Å². The first kappa shape index (κ1) is 13.0. The Labute approximate surface area is 96.8 Å². The van der Waals surface area contributed by atoms with E-state index in [1.165, 1.54) is 6.07 Å². The van der Waals surface area contributed by atoms with Gasteiger partial charge in [-0.3, -0.25) is 0 Å². The molecular weight excluding hydrogens is 205 g/mol. The van der Waals surface area contributed by atoms with E-state index in [2.05, 4.69) is 19.2 Å². The van der Waals surface area contributed by atoms with Gasteiger partial charge in [-0.25, -0.2) is 4.39 Å². The third-order valence-electron chi connectivity index (χ3n) is 2.75. The van der Waals surface area contributed by atoms with Crippen molar-refractivity contribution in [3.05, 3.63) is 29.6 Å². The third-order valence-corrected chi connectivity index (χ3v) is 2.75. The van der Waals surface area contributed by atoms with E-state index in [4.69, 9.17) is 4.74 Å². The Balaban J connectivity index is 2.57. The zero-order valence-corrected chi connectivity index (χ0v) is 10.4. The van der Waals surface area contributed by atoms with Gasteiger partial charge < -0.3 is 10.1 Å². The summed E-state index contributed by atoms with van der Waals surface area (Å²) in [6, 6.07) is 5.24. The lowest BCUT2D eigenvalue weighted by molar-refractivity contribution is 0.237. The van der Waals surface area contributed by atoms with Crippen LogP contribution in [0.4, 0.5) is 4.39 Å². The van der Waals surface area contributed by atoms with Crippen molar-refractivity contribution in [3.63, 3.8) is 0 Å². The standard InChI is InChI=1S/C13H20FNO/c1-9(2)13(15-4)8-16-11-6-5-10(3)12(14)7-11/h5-7,9,13,15H,8H2,1-4H3. The van der Waals surface area contributed by atoms with Crippen LogP contribution in [-0.4, -0.2) is 19.7 Å². The highest BCUT2D eigenvalue weighted by Crippen LogP contribution is 2.16. The van der Waals surface area contributed by atoms with Gasteiger partial charge in [0.1, 0.15) is 18.2 Å². The predicted molar refractivity (Wildman–Crippen MR) is 64.3 cm³/mol. The summed E-state index contributed by atoms with van der Waals surface area (Å²) in [6.07, 6.45) is 0. The Bertz CT molecular complexity index is 339. The lowest BCUT2D eigenvalue weighted by atomic mass is 10.1. The smallest absolute Gasteiger partial charge is 0.129 e. The van der Waals surface area contributed by atoms with E-state index in [1.54, 1.807) is 19.1 Å². The molecule has 0 saturated heterocycles. The number of aryl methyl sites for hydroxylation is 1. The summed E-state index contributed by atoms with van der Waals surface area (Å²) in [6.45, 7) is 6.54. The fraction of sp³-hybridized carbons (Fsp3) is 0.538. The monoisotopic (exact) mass is 225 g/mol. The predicted octanol–water partition coefficient (Wildman–Crippen LogP) is 2.76. The average Bonchev–Trinajstić information content (AvgIpc) is 2.23.